The van der Waals surface area contributed by atoms with Crippen LogP contribution in [0.15, 0.2) is 4.52 Å². The Hall–Kier alpha value is -1.47. The van der Waals surface area contributed by atoms with Crippen molar-refractivity contribution in [2.75, 3.05) is 39.3 Å². The molecule has 0 radical (unpaired) electrons. The topological polar surface area (TPSA) is 82.7 Å². The highest BCUT2D eigenvalue weighted by Gasteiger charge is 2.20. The molecule has 2 rings (SSSR count). The van der Waals surface area contributed by atoms with E-state index in [2.05, 4.69) is 15.0 Å². The highest BCUT2D eigenvalue weighted by Crippen LogP contribution is 2.06. The second-order valence-electron chi connectivity index (χ2n) is 4.68. The Labute approximate surface area is 112 Å². The number of rotatable bonds is 5. The van der Waals surface area contributed by atoms with Crippen LogP contribution in [0.3, 0.4) is 0 Å². The van der Waals surface area contributed by atoms with Gasteiger partial charge in [0.25, 0.3) is 0 Å². The second kappa shape index (κ2) is 6.63. The Balaban J connectivity index is 1.72. The van der Waals surface area contributed by atoms with E-state index in [1.54, 1.807) is 6.92 Å². The molecule has 0 bridgehead atoms. The third kappa shape index (κ3) is 4.00. The number of aromatic nitrogens is 2. The summed E-state index contributed by atoms with van der Waals surface area (Å²) in [6.45, 7) is 5.71. The van der Waals surface area contributed by atoms with E-state index in [1.165, 1.54) is 0 Å². The number of aliphatic hydroxyl groups is 1. The molecule has 1 fully saturated rings. The van der Waals surface area contributed by atoms with Crippen LogP contribution in [0.4, 0.5) is 0 Å². The van der Waals surface area contributed by atoms with Gasteiger partial charge >= 0.3 is 0 Å². The summed E-state index contributed by atoms with van der Waals surface area (Å²) in [7, 11) is 0. The van der Waals surface area contributed by atoms with Crippen molar-refractivity contribution in [2.24, 2.45) is 0 Å². The van der Waals surface area contributed by atoms with Crippen molar-refractivity contribution in [3.05, 3.63) is 11.7 Å². The van der Waals surface area contributed by atoms with E-state index >= 15 is 0 Å². The van der Waals surface area contributed by atoms with Crippen molar-refractivity contribution in [1.82, 2.24) is 19.9 Å². The molecule has 1 aliphatic rings. The minimum absolute atomic E-state index is 0.125. The van der Waals surface area contributed by atoms with Crippen molar-refractivity contribution in [1.29, 1.82) is 0 Å². The lowest BCUT2D eigenvalue weighted by Crippen LogP contribution is -2.49. The predicted molar refractivity (Wildman–Crippen MR) is 67.5 cm³/mol. The van der Waals surface area contributed by atoms with Gasteiger partial charge in [-0.15, -0.1) is 0 Å². The standard InChI is InChI=1S/C12H20N4O3/c1-10-13-11(19-14-10)2-3-12(18)16-6-4-15(5-7-16)8-9-17/h17H,2-9H2,1H3. The molecule has 19 heavy (non-hydrogen) atoms. The van der Waals surface area contributed by atoms with Crippen molar-refractivity contribution in [3.63, 3.8) is 0 Å². The molecular weight excluding hydrogens is 248 g/mol. The maximum atomic E-state index is 12.0. The first-order valence-corrected chi connectivity index (χ1v) is 6.59. The third-order valence-electron chi connectivity index (χ3n) is 3.26. The largest absolute Gasteiger partial charge is 0.395 e. The molecule has 0 aromatic carbocycles. The van der Waals surface area contributed by atoms with Gasteiger partial charge in [0.05, 0.1) is 6.61 Å². The highest BCUT2D eigenvalue weighted by molar-refractivity contribution is 5.76. The van der Waals surface area contributed by atoms with Crippen LogP contribution in [0.5, 0.6) is 0 Å². The van der Waals surface area contributed by atoms with Gasteiger partial charge in [0, 0.05) is 45.6 Å². The Morgan fingerprint density at radius 3 is 2.68 bits per heavy atom. The minimum atomic E-state index is 0.125. The quantitative estimate of drug-likeness (QED) is 0.771. The molecule has 0 unspecified atom stereocenters. The van der Waals surface area contributed by atoms with Crippen LogP contribution in [0, 0.1) is 6.92 Å². The number of β-amino-alcohol motifs (C(OH)–C–C–N with tert-alkyl or cyclic N) is 1. The summed E-state index contributed by atoms with van der Waals surface area (Å²) in [6.07, 6.45) is 0.901. The lowest BCUT2D eigenvalue weighted by molar-refractivity contribution is -0.133. The van der Waals surface area contributed by atoms with Crippen LogP contribution in [0.1, 0.15) is 18.1 Å². The summed E-state index contributed by atoms with van der Waals surface area (Å²) in [5.74, 6) is 1.24. The fourth-order valence-electron chi connectivity index (χ4n) is 2.18. The highest BCUT2D eigenvalue weighted by atomic mass is 16.5. The van der Waals surface area contributed by atoms with Gasteiger partial charge in [-0.05, 0) is 6.92 Å². The van der Waals surface area contributed by atoms with Gasteiger partial charge < -0.3 is 14.5 Å². The molecule has 1 aliphatic heterocycles. The fraction of sp³-hybridized carbons (Fsp3) is 0.750. The number of amides is 1. The van der Waals surface area contributed by atoms with Crippen molar-refractivity contribution in [2.45, 2.75) is 19.8 Å². The Morgan fingerprint density at radius 2 is 2.11 bits per heavy atom. The SMILES string of the molecule is Cc1noc(CCC(=O)N2CCN(CCO)CC2)n1. The van der Waals surface area contributed by atoms with E-state index in [1.807, 2.05) is 4.90 Å². The molecule has 1 amide bonds. The molecule has 1 aromatic heterocycles. The smallest absolute Gasteiger partial charge is 0.227 e. The van der Waals surface area contributed by atoms with Crippen molar-refractivity contribution >= 4 is 5.91 Å². The number of aryl methyl sites for hydroxylation is 2. The molecule has 7 nitrogen and oxygen atoms in total. The van der Waals surface area contributed by atoms with E-state index < -0.39 is 0 Å². The molecule has 0 saturated carbocycles. The van der Waals surface area contributed by atoms with E-state index in [-0.39, 0.29) is 12.5 Å². The van der Waals surface area contributed by atoms with E-state index in [9.17, 15) is 4.79 Å². The summed E-state index contributed by atoms with van der Waals surface area (Å²) in [6, 6.07) is 0. The Bertz CT molecular complexity index is 413. The summed E-state index contributed by atoms with van der Waals surface area (Å²) in [5, 5.41) is 12.6. The van der Waals surface area contributed by atoms with Gasteiger partial charge in [-0.25, -0.2) is 0 Å². The average molecular weight is 268 g/mol. The molecule has 106 valence electrons. The lowest BCUT2D eigenvalue weighted by Gasteiger charge is -2.34. The molecule has 1 saturated heterocycles. The Morgan fingerprint density at radius 1 is 1.37 bits per heavy atom. The number of nitrogens with zero attached hydrogens (tertiary/aromatic N) is 4. The van der Waals surface area contributed by atoms with E-state index in [0.717, 1.165) is 26.2 Å². The van der Waals surface area contributed by atoms with Crippen LogP contribution < -0.4 is 0 Å². The number of carbonyl (C=O) groups is 1. The summed E-state index contributed by atoms with van der Waals surface area (Å²) >= 11 is 0. The first kappa shape index (κ1) is 14.0. The molecular formula is C12H20N4O3. The molecule has 2 heterocycles. The molecule has 0 spiro atoms. The number of aliphatic hydroxyl groups excluding tert-OH is 1. The van der Waals surface area contributed by atoms with Crippen LogP contribution in [0.25, 0.3) is 0 Å². The average Bonchev–Trinajstić information content (AvgIpc) is 2.83. The molecule has 7 heteroatoms. The fourth-order valence-corrected chi connectivity index (χ4v) is 2.18. The normalized spacial score (nSPS) is 16.8. The maximum Gasteiger partial charge on any atom is 0.227 e. The van der Waals surface area contributed by atoms with Gasteiger partial charge in [-0.2, -0.15) is 4.98 Å². The van der Waals surface area contributed by atoms with Gasteiger partial charge in [0.2, 0.25) is 11.8 Å². The van der Waals surface area contributed by atoms with E-state index in [0.29, 0.717) is 31.1 Å². The van der Waals surface area contributed by atoms with Gasteiger partial charge in [-0.3, -0.25) is 9.69 Å². The summed E-state index contributed by atoms with van der Waals surface area (Å²) in [4.78, 5) is 20.1. The minimum Gasteiger partial charge on any atom is -0.395 e. The van der Waals surface area contributed by atoms with Crippen LogP contribution in [0.2, 0.25) is 0 Å². The van der Waals surface area contributed by atoms with E-state index in [4.69, 9.17) is 9.63 Å². The van der Waals surface area contributed by atoms with Crippen LogP contribution in [-0.4, -0.2) is 70.3 Å². The number of piperazine rings is 1. The zero-order valence-corrected chi connectivity index (χ0v) is 11.2. The predicted octanol–water partition coefficient (Wildman–Crippen LogP) is -0.553. The Kier molecular flexibility index (Phi) is 4.86. The zero-order valence-electron chi connectivity index (χ0n) is 11.2. The maximum absolute atomic E-state index is 12.0. The van der Waals surface area contributed by atoms with Crippen molar-refractivity contribution in [3.8, 4) is 0 Å². The first-order valence-electron chi connectivity index (χ1n) is 6.59. The molecule has 0 atom stereocenters. The third-order valence-corrected chi connectivity index (χ3v) is 3.26. The van der Waals surface area contributed by atoms with Gasteiger partial charge in [0.1, 0.15) is 0 Å². The molecule has 1 aromatic rings. The van der Waals surface area contributed by atoms with Gasteiger partial charge in [0.15, 0.2) is 5.82 Å². The van der Waals surface area contributed by atoms with Crippen LogP contribution >= 0.6 is 0 Å². The van der Waals surface area contributed by atoms with Crippen LogP contribution in [-0.2, 0) is 11.2 Å². The molecule has 0 aliphatic carbocycles. The number of hydrogen-bond donors (Lipinski definition) is 1. The zero-order chi connectivity index (χ0) is 13.7. The molecule has 1 N–H and O–H groups in total. The lowest BCUT2D eigenvalue weighted by atomic mass is 10.2. The summed E-state index contributed by atoms with van der Waals surface area (Å²) in [5.41, 5.74) is 0. The van der Waals surface area contributed by atoms with Crippen molar-refractivity contribution < 1.29 is 14.4 Å². The number of carbonyl (C=O) groups excluding carboxylic acids is 1. The van der Waals surface area contributed by atoms with Gasteiger partial charge in [-0.1, -0.05) is 5.16 Å². The first-order chi connectivity index (χ1) is 9.19. The number of hydrogen-bond acceptors (Lipinski definition) is 6. The monoisotopic (exact) mass is 268 g/mol. The second-order valence-corrected chi connectivity index (χ2v) is 4.68. The summed E-state index contributed by atoms with van der Waals surface area (Å²) < 4.78 is 4.98.